The highest BCUT2D eigenvalue weighted by molar-refractivity contribution is 7.51. The first-order valence-corrected chi connectivity index (χ1v) is 10.1. The van der Waals surface area contributed by atoms with E-state index >= 15 is 0 Å². The van der Waals surface area contributed by atoms with Crippen molar-refractivity contribution in [3.8, 4) is 0 Å². The van der Waals surface area contributed by atoms with E-state index < -0.39 is 13.8 Å². The molecule has 0 aliphatic carbocycles. The molecule has 0 atom stereocenters. The van der Waals surface area contributed by atoms with Crippen molar-refractivity contribution in [1.82, 2.24) is 14.5 Å². The predicted octanol–water partition coefficient (Wildman–Crippen LogP) is 2.57. The van der Waals surface area contributed by atoms with Gasteiger partial charge in [-0.05, 0) is 18.1 Å². The van der Waals surface area contributed by atoms with Crippen LogP contribution in [0, 0.1) is 5.92 Å². The molecule has 3 aromatic rings. The van der Waals surface area contributed by atoms with E-state index in [1.54, 1.807) is 24.5 Å². The number of rotatable bonds is 6. The smallest absolute Gasteiger partial charge is 0.326 e. The van der Waals surface area contributed by atoms with E-state index in [4.69, 9.17) is 15.5 Å². The number of Topliss-reactive ketones (excluding diaryl/α,β-unsaturated/α-hetero) is 1. The van der Waals surface area contributed by atoms with E-state index in [1.807, 2.05) is 4.57 Å². The number of anilines is 1. The maximum Gasteiger partial charge on any atom is 0.326 e. The molecule has 2 heterocycles. The number of nitrogens with zero attached hydrogens (tertiary/aromatic N) is 3. The van der Waals surface area contributed by atoms with Gasteiger partial charge in [-0.25, -0.2) is 9.97 Å². The number of pyridine rings is 1. The van der Waals surface area contributed by atoms with Gasteiger partial charge < -0.3 is 20.1 Å². The van der Waals surface area contributed by atoms with Crippen LogP contribution in [0.15, 0.2) is 24.5 Å². The van der Waals surface area contributed by atoms with Crippen molar-refractivity contribution < 1.29 is 19.1 Å². The molecule has 2 aromatic heterocycles. The lowest BCUT2D eigenvalue weighted by atomic mass is 10.1. The normalized spacial score (nSPS) is 12.3. The summed E-state index contributed by atoms with van der Waals surface area (Å²) in [5.41, 5.74) is 8.44. The molecule has 8 nitrogen and oxygen atoms in total. The van der Waals surface area contributed by atoms with Gasteiger partial charge in [0, 0.05) is 23.9 Å². The molecule has 0 aliphatic rings. The van der Waals surface area contributed by atoms with Crippen LogP contribution in [0.25, 0.3) is 21.9 Å². The number of fused-ring (bicyclic) bond motifs is 3. The molecular weight excluding hydrogens is 355 g/mol. The fourth-order valence-corrected chi connectivity index (χ4v) is 3.45. The lowest BCUT2D eigenvalue weighted by Gasteiger charge is -2.10. The number of benzene rings is 1. The fourth-order valence-electron chi connectivity index (χ4n) is 2.96. The van der Waals surface area contributed by atoms with Crippen LogP contribution >= 0.6 is 7.60 Å². The van der Waals surface area contributed by atoms with E-state index in [0.717, 1.165) is 17.4 Å². The molecule has 138 valence electrons. The molecule has 0 spiro atoms. The van der Waals surface area contributed by atoms with Crippen LogP contribution in [-0.2, 0) is 11.1 Å². The van der Waals surface area contributed by atoms with Crippen molar-refractivity contribution in [2.75, 3.05) is 11.9 Å². The van der Waals surface area contributed by atoms with Crippen molar-refractivity contribution in [2.24, 2.45) is 5.92 Å². The highest BCUT2D eigenvalue weighted by Gasteiger charge is 2.18. The highest BCUT2D eigenvalue weighted by atomic mass is 31.2. The van der Waals surface area contributed by atoms with E-state index in [0.29, 0.717) is 22.5 Å². The zero-order chi connectivity index (χ0) is 19.1. The second-order valence-corrected chi connectivity index (χ2v) is 8.56. The minimum atomic E-state index is -4.21. The number of carbonyl (C=O) groups is 1. The molecule has 0 amide bonds. The molecule has 0 unspecified atom stereocenters. The first kappa shape index (κ1) is 18.5. The summed E-state index contributed by atoms with van der Waals surface area (Å²) in [6.07, 6.45) is 1.04. The molecule has 9 heteroatoms. The van der Waals surface area contributed by atoms with Crippen molar-refractivity contribution in [3.05, 3.63) is 30.1 Å². The Labute approximate surface area is 150 Å². The summed E-state index contributed by atoms with van der Waals surface area (Å²) in [5, 5.41) is 0.832. The third-order valence-electron chi connectivity index (χ3n) is 4.09. The zero-order valence-corrected chi connectivity index (χ0v) is 15.5. The van der Waals surface area contributed by atoms with Crippen LogP contribution < -0.4 is 5.73 Å². The fraction of sp³-hybridized carbons (Fsp3) is 0.353. The molecule has 4 N–H and O–H groups in total. The molecular formula is C17H21N4O4P. The molecule has 0 fully saturated rings. The lowest BCUT2D eigenvalue weighted by molar-refractivity contribution is 0.0987. The second-order valence-electron chi connectivity index (χ2n) is 6.78. The van der Waals surface area contributed by atoms with Gasteiger partial charge in [-0.15, -0.1) is 0 Å². The Kier molecular flexibility index (Phi) is 4.84. The first-order chi connectivity index (χ1) is 12.2. The molecule has 0 saturated heterocycles. The summed E-state index contributed by atoms with van der Waals surface area (Å²) in [5.74, 6) is 0.367. The van der Waals surface area contributed by atoms with Gasteiger partial charge in [0.1, 0.15) is 5.52 Å². The van der Waals surface area contributed by atoms with Gasteiger partial charge in [0.05, 0.1) is 23.5 Å². The SMILES string of the molecule is CC(C)Cn1cnc2c(N)nc3cc(C(=O)CCP(=O)(O)O)ccc3c21. The summed E-state index contributed by atoms with van der Waals surface area (Å²) in [4.78, 5) is 38.8. The maximum atomic E-state index is 12.2. The summed E-state index contributed by atoms with van der Waals surface area (Å²) < 4.78 is 13.0. The Morgan fingerprint density at radius 1 is 1.35 bits per heavy atom. The minimum Gasteiger partial charge on any atom is -0.382 e. The average molecular weight is 376 g/mol. The monoisotopic (exact) mass is 376 g/mol. The first-order valence-electron chi connectivity index (χ1n) is 8.27. The molecule has 1 aromatic carbocycles. The zero-order valence-electron chi connectivity index (χ0n) is 14.6. The summed E-state index contributed by atoms with van der Waals surface area (Å²) in [6, 6.07) is 5.04. The summed E-state index contributed by atoms with van der Waals surface area (Å²) in [7, 11) is -4.21. The Morgan fingerprint density at radius 3 is 2.73 bits per heavy atom. The second kappa shape index (κ2) is 6.79. The number of nitrogens with two attached hydrogens (primary N) is 1. The quantitative estimate of drug-likeness (QED) is 0.445. The Bertz CT molecular complexity index is 1040. The largest absolute Gasteiger partial charge is 0.382 e. The molecule has 0 aliphatic heterocycles. The Hall–Kier alpha value is -2.28. The van der Waals surface area contributed by atoms with Crippen LogP contribution in [0.2, 0.25) is 0 Å². The van der Waals surface area contributed by atoms with Crippen LogP contribution in [0.5, 0.6) is 0 Å². The van der Waals surface area contributed by atoms with Gasteiger partial charge in [0.25, 0.3) is 0 Å². The Morgan fingerprint density at radius 2 is 2.08 bits per heavy atom. The van der Waals surface area contributed by atoms with Crippen molar-refractivity contribution >= 4 is 41.1 Å². The number of hydrogen-bond acceptors (Lipinski definition) is 5. The highest BCUT2D eigenvalue weighted by Crippen LogP contribution is 2.35. The Balaban J connectivity index is 2.06. The van der Waals surface area contributed by atoms with Crippen LogP contribution in [-0.4, -0.2) is 36.3 Å². The molecule has 0 saturated carbocycles. The van der Waals surface area contributed by atoms with Crippen molar-refractivity contribution in [3.63, 3.8) is 0 Å². The molecule has 0 radical (unpaired) electrons. The van der Waals surface area contributed by atoms with E-state index in [-0.39, 0.29) is 18.0 Å². The average Bonchev–Trinajstić information content (AvgIpc) is 2.95. The van der Waals surface area contributed by atoms with Gasteiger partial charge in [0.15, 0.2) is 11.6 Å². The minimum absolute atomic E-state index is 0.223. The van der Waals surface area contributed by atoms with Crippen molar-refractivity contribution in [1.29, 1.82) is 0 Å². The molecule has 26 heavy (non-hydrogen) atoms. The lowest BCUT2D eigenvalue weighted by Crippen LogP contribution is -2.05. The summed E-state index contributed by atoms with van der Waals surface area (Å²) in [6.45, 7) is 4.99. The van der Waals surface area contributed by atoms with Gasteiger partial charge in [-0.3, -0.25) is 9.36 Å². The third kappa shape index (κ3) is 3.77. The van der Waals surface area contributed by atoms with Gasteiger partial charge >= 0.3 is 7.60 Å². The van der Waals surface area contributed by atoms with E-state index in [1.165, 1.54) is 0 Å². The number of imidazole rings is 1. The van der Waals surface area contributed by atoms with Crippen LogP contribution in [0.3, 0.4) is 0 Å². The number of aromatic nitrogens is 3. The number of hydrogen-bond donors (Lipinski definition) is 3. The number of ketones is 1. The van der Waals surface area contributed by atoms with Gasteiger partial charge in [-0.2, -0.15) is 0 Å². The maximum absolute atomic E-state index is 12.2. The van der Waals surface area contributed by atoms with E-state index in [9.17, 15) is 9.36 Å². The van der Waals surface area contributed by atoms with Gasteiger partial charge in [-0.1, -0.05) is 19.9 Å². The van der Waals surface area contributed by atoms with Crippen molar-refractivity contribution in [2.45, 2.75) is 26.8 Å². The van der Waals surface area contributed by atoms with Crippen LogP contribution in [0.4, 0.5) is 5.82 Å². The predicted molar refractivity (Wildman–Crippen MR) is 100 cm³/mol. The van der Waals surface area contributed by atoms with E-state index in [2.05, 4.69) is 23.8 Å². The summed E-state index contributed by atoms with van der Waals surface area (Å²) >= 11 is 0. The molecule has 3 rings (SSSR count). The standard InChI is InChI=1S/C17H21N4O4P/c1-10(2)8-21-9-19-15-16(21)12-4-3-11(7-13(12)20-17(15)18)14(22)5-6-26(23,24)25/h3-4,7,9-10H,5-6,8H2,1-2H3,(H2,18,20)(H2,23,24,25). The van der Waals surface area contributed by atoms with Crippen LogP contribution in [0.1, 0.15) is 30.6 Å². The topological polar surface area (TPSA) is 131 Å². The van der Waals surface area contributed by atoms with Gasteiger partial charge in [0.2, 0.25) is 0 Å². The number of nitrogen functional groups attached to an aromatic ring is 1. The molecule has 0 bridgehead atoms. The third-order valence-corrected chi connectivity index (χ3v) is 4.89. The number of carbonyl (C=O) groups excluding carboxylic acids is 1.